The zero-order valence-electron chi connectivity index (χ0n) is 7.90. The standard InChI is InChI=1S/C12H10NO/c1-10-5-7-11(8-6-10)14-12-4-2-3-9-13-12/h2,4-9H,1H3. The molecule has 2 nitrogen and oxygen atoms in total. The van der Waals surface area contributed by atoms with Gasteiger partial charge in [-0.05, 0) is 25.1 Å². The molecule has 1 heterocycles. The molecule has 69 valence electrons. The van der Waals surface area contributed by atoms with Crippen LogP contribution in [0, 0.1) is 13.0 Å². The molecule has 14 heavy (non-hydrogen) atoms. The maximum Gasteiger partial charge on any atom is 0.219 e. The van der Waals surface area contributed by atoms with Gasteiger partial charge in [0.2, 0.25) is 5.88 Å². The number of ether oxygens (including phenoxy) is 1. The van der Waals surface area contributed by atoms with Crippen molar-refractivity contribution >= 4 is 0 Å². The van der Waals surface area contributed by atoms with Gasteiger partial charge in [0, 0.05) is 18.3 Å². The quantitative estimate of drug-likeness (QED) is 0.715. The fourth-order valence-corrected chi connectivity index (χ4v) is 1.09. The molecule has 0 saturated carbocycles. The van der Waals surface area contributed by atoms with Crippen molar-refractivity contribution in [1.29, 1.82) is 0 Å². The van der Waals surface area contributed by atoms with Crippen LogP contribution in [0.5, 0.6) is 11.6 Å². The van der Waals surface area contributed by atoms with Gasteiger partial charge in [0.1, 0.15) is 5.75 Å². The number of hydrogen-bond acceptors (Lipinski definition) is 2. The molecule has 2 rings (SSSR count). The zero-order valence-corrected chi connectivity index (χ0v) is 7.90. The Morgan fingerprint density at radius 1 is 1.14 bits per heavy atom. The first kappa shape index (κ1) is 8.75. The Labute approximate surface area is 83.2 Å². The van der Waals surface area contributed by atoms with E-state index in [0.29, 0.717) is 5.88 Å². The van der Waals surface area contributed by atoms with E-state index in [1.807, 2.05) is 31.2 Å². The molecule has 0 atom stereocenters. The van der Waals surface area contributed by atoms with Gasteiger partial charge >= 0.3 is 0 Å². The highest BCUT2D eigenvalue weighted by Gasteiger charge is 1.95. The number of benzene rings is 1. The Balaban J connectivity index is 2.16. The van der Waals surface area contributed by atoms with Crippen LogP contribution in [-0.2, 0) is 0 Å². The molecule has 0 fully saturated rings. The van der Waals surface area contributed by atoms with Crippen LogP contribution in [0.2, 0.25) is 0 Å². The van der Waals surface area contributed by atoms with Crippen LogP contribution in [0.4, 0.5) is 0 Å². The lowest BCUT2D eigenvalue weighted by atomic mass is 10.2. The van der Waals surface area contributed by atoms with Gasteiger partial charge in [0.25, 0.3) is 0 Å². The number of aromatic nitrogens is 1. The van der Waals surface area contributed by atoms with Gasteiger partial charge in [-0.1, -0.05) is 17.7 Å². The Morgan fingerprint density at radius 3 is 2.57 bits per heavy atom. The van der Waals surface area contributed by atoms with E-state index >= 15 is 0 Å². The van der Waals surface area contributed by atoms with Crippen molar-refractivity contribution in [3.63, 3.8) is 0 Å². The van der Waals surface area contributed by atoms with Gasteiger partial charge in [0.05, 0.1) is 0 Å². The van der Waals surface area contributed by atoms with E-state index in [0.717, 1.165) is 5.75 Å². The molecule has 0 aliphatic rings. The maximum atomic E-state index is 5.50. The SMILES string of the molecule is Cc1ccc(Oc2cc[c]cn2)cc1. The van der Waals surface area contributed by atoms with Crippen LogP contribution in [-0.4, -0.2) is 4.98 Å². The second-order valence-corrected chi connectivity index (χ2v) is 3.01. The summed E-state index contributed by atoms with van der Waals surface area (Å²) in [5.41, 5.74) is 1.21. The largest absolute Gasteiger partial charge is 0.439 e. The van der Waals surface area contributed by atoms with Gasteiger partial charge in [-0.3, -0.25) is 0 Å². The minimum absolute atomic E-state index is 0.590. The van der Waals surface area contributed by atoms with Crippen molar-refractivity contribution in [2.75, 3.05) is 0 Å². The Bertz CT molecular complexity index is 394. The molecule has 1 radical (unpaired) electrons. The lowest BCUT2D eigenvalue weighted by Crippen LogP contribution is -1.86. The molecular weight excluding hydrogens is 174 g/mol. The second-order valence-electron chi connectivity index (χ2n) is 3.01. The Hall–Kier alpha value is -1.83. The molecule has 1 aromatic carbocycles. The highest BCUT2D eigenvalue weighted by Crippen LogP contribution is 2.18. The van der Waals surface area contributed by atoms with E-state index in [9.17, 15) is 0 Å². The molecule has 0 unspecified atom stereocenters. The number of hydrogen-bond donors (Lipinski definition) is 0. The van der Waals surface area contributed by atoms with Gasteiger partial charge in [-0.2, -0.15) is 0 Å². The maximum absolute atomic E-state index is 5.50. The summed E-state index contributed by atoms with van der Waals surface area (Å²) in [5, 5.41) is 0. The Kier molecular flexibility index (Phi) is 2.45. The second kappa shape index (κ2) is 3.92. The van der Waals surface area contributed by atoms with Gasteiger partial charge < -0.3 is 4.74 Å². The summed E-state index contributed by atoms with van der Waals surface area (Å²) in [6.45, 7) is 2.04. The van der Waals surface area contributed by atoms with Crippen LogP contribution < -0.4 is 4.74 Å². The van der Waals surface area contributed by atoms with E-state index in [1.54, 1.807) is 18.3 Å². The molecule has 0 aliphatic heterocycles. The molecule has 0 N–H and O–H groups in total. The van der Waals surface area contributed by atoms with E-state index in [4.69, 9.17) is 4.74 Å². The van der Waals surface area contributed by atoms with Crippen molar-refractivity contribution in [2.24, 2.45) is 0 Å². The van der Waals surface area contributed by atoms with E-state index in [1.165, 1.54) is 5.56 Å². The summed E-state index contributed by atoms with van der Waals surface area (Å²) < 4.78 is 5.50. The third-order valence-electron chi connectivity index (χ3n) is 1.83. The summed E-state index contributed by atoms with van der Waals surface area (Å²) in [7, 11) is 0. The lowest BCUT2D eigenvalue weighted by Gasteiger charge is -2.03. The molecule has 0 aliphatic carbocycles. The summed E-state index contributed by atoms with van der Waals surface area (Å²) in [6.07, 6.45) is 1.59. The lowest BCUT2D eigenvalue weighted by molar-refractivity contribution is 0.463. The summed E-state index contributed by atoms with van der Waals surface area (Å²) in [4.78, 5) is 4.02. The van der Waals surface area contributed by atoms with Crippen LogP contribution in [0.15, 0.2) is 42.6 Å². The molecule has 0 bridgehead atoms. The third kappa shape index (κ3) is 2.10. The van der Waals surface area contributed by atoms with Crippen molar-refractivity contribution in [3.05, 3.63) is 54.2 Å². The highest BCUT2D eigenvalue weighted by atomic mass is 16.5. The molecule has 1 aromatic heterocycles. The number of nitrogens with zero attached hydrogens (tertiary/aromatic N) is 1. The summed E-state index contributed by atoms with van der Waals surface area (Å²) >= 11 is 0. The smallest absolute Gasteiger partial charge is 0.219 e. The first-order valence-corrected chi connectivity index (χ1v) is 4.41. The van der Waals surface area contributed by atoms with Crippen molar-refractivity contribution in [2.45, 2.75) is 6.92 Å². The first-order chi connectivity index (χ1) is 6.84. The van der Waals surface area contributed by atoms with E-state index in [-0.39, 0.29) is 0 Å². The summed E-state index contributed by atoms with van der Waals surface area (Å²) in [6, 6.07) is 14.2. The van der Waals surface area contributed by atoms with E-state index in [2.05, 4.69) is 11.1 Å². The monoisotopic (exact) mass is 184 g/mol. The molecule has 0 saturated heterocycles. The first-order valence-electron chi connectivity index (χ1n) is 4.41. The molecule has 0 spiro atoms. The minimum atomic E-state index is 0.590. The minimum Gasteiger partial charge on any atom is -0.439 e. The normalized spacial score (nSPS) is 9.79. The average Bonchev–Trinajstić information content (AvgIpc) is 2.23. The van der Waals surface area contributed by atoms with Crippen LogP contribution >= 0.6 is 0 Å². The predicted octanol–water partition coefficient (Wildman–Crippen LogP) is 2.98. The summed E-state index contributed by atoms with van der Waals surface area (Å²) in [5.74, 6) is 1.39. The van der Waals surface area contributed by atoms with Crippen molar-refractivity contribution in [3.8, 4) is 11.6 Å². The van der Waals surface area contributed by atoms with E-state index < -0.39 is 0 Å². The fraction of sp³-hybridized carbons (Fsp3) is 0.0833. The molecular formula is C12H10NO. The van der Waals surface area contributed by atoms with Crippen molar-refractivity contribution < 1.29 is 4.74 Å². The molecule has 2 heteroatoms. The van der Waals surface area contributed by atoms with Crippen molar-refractivity contribution in [1.82, 2.24) is 4.98 Å². The number of pyridine rings is 1. The Morgan fingerprint density at radius 2 is 1.93 bits per heavy atom. The van der Waals surface area contributed by atoms with Gasteiger partial charge in [0.15, 0.2) is 0 Å². The average molecular weight is 184 g/mol. The topological polar surface area (TPSA) is 22.1 Å². The zero-order chi connectivity index (χ0) is 9.80. The third-order valence-corrected chi connectivity index (χ3v) is 1.83. The fourth-order valence-electron chi connectivity index (χ4n) is 1.09. The number of rotatable bonds is 2. The molecule has 2 aromatic rings. The van der Waals surface area contributed by atoms with Crippen LogP contribution in [0.25, 0.3) is 0 Å². The predicted molar refractivity (Wildman–Crippen MR) is 54.3 cm³/mol. The number of aryl methyl sites for hydroxylation is 1. The van der Waals surface area contributed by atoms with Crippen LogP contribution in [0.1, 0.15) is 5.56 Å². The highest BCUT2D eigenvalue weighted by molar-refractivity contribution is 5.29. The molecule has 0 amide bonds. The van der Waals surface area contributed by atoms with Gasteiger partial charge in [-0.15, -0.1) is 0 Å². The van der Waals surface area contributed by atoms with Gasteiger partial charge in [-0.25, -0.2) is 4.98 Å². The van der Waals surface area contributed by atoms with Crippen LogP contribution in [0.3, 0.4) is 0 Å².